The summed E-state index contributed by atoms with van der Waals surface area (Å²) in [5.74, 6) is 0.510. The highest BCUT2D eigenvalue weighted by atomic mass is 35.5. The molecule has 0 atom stereocenters. The van der Waals surface area contributed by atoms with Crippen LogP contribution in [0.5, 0.6) is 0 Å². The van der Waals surface area contributed by atoms with E-state index in [0.29, 0.717) is 5.82 Å². The van der Waals surface area contributed by atoms with Crippen LogP contribution in [0.1, 0.15) is 6.42 Å². The Morgan fingerprint density at radius 1 is 1.45 bits per heavy atom. The Balaban J connectivity index is 0.000001000. The Kier molecular flexibility index (Phi) is 4.36. The van der Waals surface area contributed by atoms with E-state index in [-0.39, 0.29) is 12.4 Å². The van der Waals surface area contributed by atoms with E-state index >= 15 is 0 Å². The van der Waals surface area contributed by atoms with Gasteiger partial charge in [0.2, 0.25) is 0 Å². The summed E-state index contributed by atoms with van der Waals surface area (Å²) in [5, 5.41) is 15.6. The maximum absolute atomic E-state index is 9.92. The van der Waals surface area contributed by atoms with Crippen LogP contribution >= 0.6 is 12.4 Å². The lowest BCUT2D eigenvalue weighted by molar-refractivity contribution is -0.404. The monoisotopic (exact) mass is 179 g/mol. The van der Waals surface area contributed by atoms with E-state index in [1.54, 1.807) is 0 Å². The Morgan fingerprint density at radius 3 is 2.45 bits per heavy atom. The number of nitrogens with zero attached hydrogens (tertiary/aromatic N) is 1. The van der Waals surface area contributed by atoms with Gasteiger partial charge in [-0.2, -0.15) is 0 Å². The van der Waals surface area contributed by atoms with Gasteiger partial charge in [0.25, 0.3) is 6.20 Å². The zero-order valence-corrected chi connectivity index (χ0v) is 6.69. The van der Waals surface area contributed by atoms with Crippen LogP contribution in [0.25, 0.3) is 0 Å². The van der Waals surface area contributed by atoms with E-state index in [4.69, 9.17) is 0 Å². The lowest BCUT2D eigenvalue weighted by Gasteiger charge is -2.15. The fraction of sp³-hybridized carbons (Fsp3) is 0.600. The Hall–Kier alpha value is -0.970. The summed E-state index contributed by atoms with van der Waals surface area (Å²) in [6.45, 7) is 1.62. The first-order chi connectivity index (χ1) is 4.79. The molecular weight excluding hydrogens is 170 g/mol. The van der Waals surface area contributed by atoms with Crippen LogP contribution in [0.4, 0.5) is 0 Å². The first-order valence-electron chi connectivity index (χ1n) is 3.12. The van der Waals surface area contributed by atoms with Gasteiger partial charge in [-0.25, -0.2) is 0 Å². The molecule has 0 amide bonds. The number of rotatable bonds is 1. The predicted molar refractivity (Wildman–Crippen MR) is 42.9 cm³/mol. The van der Waals surface area contributed by atoms with Gasteiger partial charge in [0.15, 0.2) is 5.82 Å². The van der Waals surface area contributed by atoms with Crippen molar-refractivity contribution in [3.8, 4) is 0 Å². The number of halogens is 1. The number of nitro groups is 1. The molecule has 1 aliphatic heterocycles. The maximum atomic E-state index is 9.92. The molecule has 0 bridgehead atoms. The average Bonchev–Trinajstić information content (AvgIpc) is 1.88. The average molecular weight is 180 g/mol. The number of hydrogen-bond donors (Lipinski definition) is 2. The number of hydrogen-bond acceptors (Lipinski definition) is 4. The summed E-state index contributed by atoms with van der Waals surface area (Å²) in [7, 11) is 0. The number of nitrogens with one attached hydrogen (secondary N) is 2. The molecule has 0 unspecified atom stereocenters. The summed E-state index contributed by atoms with van der Waals surface area (Å²) in [6, 6.07) is 0. The van der Waals surface area contributed by atoms with Crippen LogP contribution in [0.15, 0.2) is 12.0 Å². The molecule has 1 rings (SSSR count). The minimum atomic E-state index is -0.472. The van der Waals surface area contributed by atoms with Gasteiger partial charge in [0.1, 0.15) is 0 Å². The summed E-state index contributed by atoms with van der Waals surface area (Å²) in [4.78, 5) is 9.45. The molecule has 0 aliphatic carbocycles. The molecule has 1 heterocycles. The Morgan fingerprint density at radius 2 is 2.00 bits per heavy atom. The van der Waals surface area contributed by atoms with Crippen molar-refractivity contribution in [1.29, 1.82) is 0 Å². The van der Waals surface area contributed by atoms with Crippen LogP contribution in [-0.4, -0.2) is 18.0 Å². The smallest absolute Gasteiger partial charge is 0.274 e. The molecule has 2 N–H and O–H groups in total. The van der Waals surface area contributed by atoms with Gasteiger partial charge in [0, 0.05) is 13.1 Å². The molecule has 1 fully saturated rings. The van der Waals surface area contributed by atoms with Gasteiger partial charge < -0.3 is 10.6 Å². The van der Waals surface area contributed by atoms with Crippen molar-refractivity contribution >= 4 is 12.4 Å². The summed E-state index contributed by atoms with van der Waals surface area (Å²) < 4.78 is 0. The zero-order chi connectivity index (χ0) is 7.40. The molecule has 0 aromatic carbocycles. The van der Waals surface area contributed by atoms with E-state index in [1.807, 2.05) is 0 Å². The second kappa shape index (κ2) is 4.79. The first-order valence-corrected chi connectivity index (χ1v) is 3.12. The predicted octanol–water partition coefficient (Wildman–Crippen LogP) is 0.0667. The molecular formula is C5H10ClN3O2. The van der Waals surface area contributed by atoms with Gasteiger partial charge >= 0.3 is 0 Å². The van der Waals surface area contributed by atoms with Crippen molar-refractivity contribution in [3.63, 3.8) is 0 Å². The van der Waals surface area contributed by atoms with Gasteiger partial charge in [-0.05, 0) is 6.42 Å². The van der Waals surface area contributed by atoms with E-state index in [9.17, 15) is 10.1 Å². The third-order valence-electron chi connectivity index (χ3n) is 1.22. The van der Waals surface area contributed by atoms with E-state index < -0.39 is 4.92 Å². The lowest BCUT2D eigenvalue weighted by atomic mass is 10.3. The van der Waals surface area contributed by atoms with E-state index in [0.717, 1.165) is 25.7 Å². The topological polar surface area (TPSA) is 67.2 Å². The molecule has 0 saturated carbocycles. The van der Waals surface area contributed by atoms with Gasteiger partial charge in [-0.3, -0.25) is 10.1 Å². The first kappa shape index (κ1) is 10.0. The van der Waals surface area contributed by atoms with Crippen LogP contribution in [0, 0.1) is 10.1 Å². The van der Waals surface area contributed by atoms with Gasteiger partial charge in [-0.1, -0.05) is 0 Å². The van der Waals surface area contributed by atoms with Gasteiger partial charge in [-0.15, -0.1) is 12.4 Å². The minimum Gasteiger partial charge on any atom is -0.367 e. The lowest BCUT2D eigenvalue weighted by Crippen LogP contribution is -2.35. The Bertz CT molecular complexity index is 163. The van der Waals surface area contributed by atoms with Crippen molar-refractivity contribution in [3.05, 3.63) is 22.1 Å². The van der Waals surface area contributed by atoms with E-state index in [2.05, 4.69) is 10.6 Å². The summed E-state index contributed by atoms with van der Waals surface area (Å²) >= 11 is 0. The second-order valence-electron chi connectivity index (χ2n) is 2.04. The van der Waals surface area contributed by atoms with Crippen molar-refractivity contribution in [2.24, 2.45) is 0 Å². The highest BCUT2D eigenvalue weighted by molar-refractivity contribution is 5.85. The minimum absolute atomic E-state index is 0. The van der Waals surface area contributed by atoms with Crippen molar-refractivity contribution in [2.45, 2.75) is 6.42 Å². The molecule has 0 aromatic heterocycles. The third-order valence-corrected chi connectivity index (χ3v) is 1.22. The standard InChI is InChI=1S/C5H9N3O2.ClH/c9-8(10)4-5-6-2-1-3-7-5;/h4,6-7H,1-3H2;1H. The molecule has 1 aliphatic rings. The molecule has 5 nitrogen and oxygen atoms in total. The van der Waals surface area contributed by atoms with Gasteiger partial charge in [0.05, 0.1) is 4.92 Å². The van der Waals surface area contributed by atoms with Crippen LogP contribution < -0.4 is 10.6 Å². The molecule has 64 valence electrons. The molecule has 0 spiro atoms. The Labute approximate surface area is 70.4 Å². The van der Waals surface area contributed by atoms with Crippen molar-refractivity contribution in [2.75, 3.05) is 13.1 Å². The summed E-state index contributed by atoms with van der Waals surface area (Å²) in [6.07, 6.45) is 1.95. The SMILES string of the molecule is Cl.O=[N+]([O-])C=C1NCCCN1. The normalized spacial score (nSPS) is 15.5. The fourth-order valence-electron chi connectivity index (χ4n) is 0.794. The van der Waals surface area contributed by atoms with Crippen molar-refractivity contribution < 1.29 is 4.92 Å². The quantitative estimate of drug-likeness (QED) is 0.442. The van der Waals surface area contributed by atoms with Crippen LogP contribution in [0.2, 0.25) is 0 Å². The molecule has 0 aromatic rings. The largest absolute Gasteiger partial charge is 0.367 e. The van der Waals surface area contributed by atoms with Crippen LogP contribution in [-0.2, 0) is 0 Å². The highest BCUT2D eigenvalue weighted by Gasteiger charge is 2.05. The third kappa shape index (κ3) is 3.67. The molecule has 0 radical (unpaired) electrons. The zero-order valence-electron chi connectivity index (χ0n) is 5.87. The molecule has 6 heteroatoms. The second-order valence-corrected chi connectivity index (χ2v) is 2.04. The molecule has 1 saturated heterocycles. The van der Waals surface area contributed by atoms with E-state index in [1.165, 1.54) is 0 Å². The molecule has 11 heavy (non-hydrogen) atoms. The highest BCUT2D eigenvalue weighted by Crippen LogP contribution is 1.91. The maximum Gasteiger partial charge on any atom is 0.274 e. The fourth-order valence-corrected chi connectivity index (χ4v) is 0.794. The summed E-state index contributed by atoms with van der Waals surface area (Å²) in [5.41, 5.74) is 0. The van der Waals surface area contributed by atoms with Crippen molar-refractivity contribution in [1.82, 2.24) is 10.6 Å². The van der Waals surface area contributed by atoms with Crippen LogP contribution in [0.3, 0.4) is 0 Å².